The number of H-pyrrole nitrogens is 1. The number of rotatable bonds is 6. The zero-order valence-electron chi connectivity index (χ0n) is 12.2. The van der Waals surface area contributed by atoms with Crippen molar-refractivity contribution in [2.75, 3.05) is 11.9 Å². The molecule has 0 aromatic carbocycles. The van der Waals surface area contributed by atoms with Gasteiger partial charge in [0.15, 0.2) is 11.2 Å². The summed E-state index contributed by atoms with van der Waals surface area (Å²) in [4.78, 5) is 30.4. The lowest BCUT2D eigenvalue weighted by molar-refractivity contribution is 0.615. The first-order valence-corrected chi connectivity index (χ1v) is 7.03. The van der Waals surface area contributed by atoms with E-state index >= 15 is 0 Å². The molecule has 7 nitrogen and oxygen atoms in total. The molecule has 2 N–H and O–H groups in total. The number of nitrogens with zero attached hydrogens (tertiary/aromatic N) is 3. The van der Waals surface area contributed by atoms with Crippen LogP contribution in [0.25, 0.3) is 11.2 Å². The van der Waals surface area contributed by atoms with E-state index in [9.17, 15) is 9.59 Å². The Bertz CT molecular complexity index is 710. The third-order valence-corrected chi connectivity index (χ3v) is 3.33. The van der Waals surface area contributed by atoms with Gasteiger partial charge in [0, 0.05) is 20.1 Å². The molecule has 2 heterocycles. The standard InChI is InChI=1S/C13H21N5O2/c1-4-6-7-8-18-9-10(15-12(18)14-5-2)17(3)13(20)16-11(9)19/h4-8H2,1-3H3,(H,14,15)(H,16,19,20). The summed E-state index contributed by atoms with van der Waals surface area (Å²) >= 11 is 0. The zero-order valence-corrected chi connectivity index (χ0v) is 12.2. The maximum Gasteiger partial charge on any atom is 0.329 e. The number of nitrogens with one attached hydrogen (secondary N) is 2. The van der Waals surface area contributed by atoms with Crippen LogP contribution in [-0.2, 0) is 13.6 Å². The van der Waals surface area contributed by atoms with E-state index in [2.05, 4.69) is 22.2 Å². The zero-order chi connectivity index (χ0) is 14.7. The van der Waals surface area contributed by atoms with Gasteiger partial charge in [0.1, 0.15) is 0 Å². The van der Waals surface area contributed by atoms with Gasteiger partial charge >= 0.3 is 5.69 Å². The summed E-state index contributed by atoms with van der Waals surface area (Å²) in [6.07, 6.45) is 3.18. The van der Waals surface area contributed by atoms with Crippen molar-refractivity contribution in [1.82, 2.24) is 19.1 Å². The van der Waals surface area contributed by atoms with Crippen LogP contribution in [0.4, 0.5) is 5.95 Å². The Balaban J connectivity index is 2.62. The van der Waals surface area contributed by atoms with Gasteiger partial charge in [-0.3, -0.25) is 14.3 Å². The maximum absolute atomic E-state index is 12.1. The first-order chi connectivity index (χ1) is 9.60. The van der Waals surface area contributed by atoms with Crippen LogP contribution in [0.2, 0.25) is 0 Å². The fourth-order valence-corrected chi connectivity index (χ4v) is 2.27. The molecule has 0 bridgehead atoms. The predicted octanol–water partition coefficient (Wildman–Crippen LogP) is 1.05. The lowest BCUT2D eigenvalue weighted by atomic mass is 10.2. The second-order valence-corrected chi connectivity index (χ2v) is 4.81. The smallest absolute Gasteiger partial charge is 0.329 e. The molecular weight excluding hydrogens is 258 g/mol. The molecule has 0 saturated heterocycles. The molecule has 2 aromatic heterocycles. The van der Waals surface area contributed by atoms with Crippen molar-refractivity contribution in [3.8, 4) is 0 Å². The molecule has 0 amide bonds. The van der Waals surface area contributed by atoms with Crippen molar-refractivity contribution in [3.05, 3.63) is 20.8 Å². The van der Waals surface area contributed by atoms with Crippen molar-refractivity contribution in [1.29, 1.82) is 0 Å². The topological polar surface area (TPSA) is 84.7 Å². The minimum absolute atomic E-state index is 0.378. The number of anilines is 1. The van der Waals surface area contributed by atoms with E-state index in [4.69, 9.17) is 0 Å². The summed E-state index contributed by atoms with van der Waals surface area (Å²) < 4.78 is 3.24. The van der Waals surface area contributed by atoms with Gasteiger partial charge in [-0.05, 0) is 13.3 Å². The van der Waals surface area contributed by atoms with Gasteiger partial charge in [0.2, 0.25) is 5.95 Å². The van der Waals surface area contributed by atoms with E-state index in [0.29, 0.717) is 30.2 Å². The second-order valence-electron chi connectivity index (χ2n) is 4.81. The Morgan fingerprint density at radius 2 is 2.00 bits per heavy atom. The van der Waals surface area contributed by atoms with Gasteiger partial charge in [-0.25, -0.2) is 4.79 Å². The molecule has 0 aliphatic heterocycles. The number of fused-ring (bicyclic) bond motifs is 1. The van der Waals surface area contributed by atoms with Crippen LogP contribution in [0, 0.1) is 0 Å². The highest BCUT2D eigenvalue weighted by Crippen LogP contribution is 2.16. The van der Waals surface area contributed by atoms with Crippen molar-refractivity contribution >= 4 is 17.1 Å². The Labute approximate surface area is 116 Å². The molecule has 110 valence electrons. The molecule has 0 atom stereocenters. The third kappa shape index (κ3) is 2.48. The van der Waals surface area contributed by atoms with Crippen LogP contribution in [-0.4, -0.2) is 25.6 Å². The van der Waals surface area contributed by atoms with Crippen molar-refractivity contribution in [2.45, 2.75) is 39.7 Å². The van der Waals surface area contributed by atoms with E-state index < -0.39 is 5.69 Å². The fraction of sp³-hybridized carbons (Fsp3) is 0.615. The number of unbranched alkanes of at least 4 members (excludes halogenated alkanes) is 2. The average Bonchev–Trinajstić information content (AvgIpc) is 2.77. The summed E-state index contributed by atoms with van der Waals surface area (Å²) in [6, 6.07) is 0. The predicted molar refractivity (Wildman–Crippen MR) is 79.3 cm³/mol. The number of hydrogen-bond acceptors (Lipinski definition) is 4. The third-order valence-electron chi connectivity index (χ3n) is 3.33. The Hall–Kier alpha value is -2.05. The number of aromatic nitrogens is 4. The SMILES string of the molecule is CCCCCn1c(NCC)nc2c1c(=O)[nH]c(=O)n2C. The van der Waals surface area contributed by atoms with Gasteiger partial charge in [-0.2, -0.15) is 4.98 Å². The van der Waals surface area contributed by atoms with E-state index in [1.165, 1.54) is 4.57 Å². The highest BCUT2D eigenvalue weighted by molar-refractivity contribution is 5.74. The number of aryl methyl sites for hydroxylation is 2. The Morgan fingerprint density at radius 3 is 2.65 bits per heavy atom. The molecule has 2 rings (SSSR count). The molecule has 0 aliphatic rings. The molecule has 0 radical (unpaired) electrons. The molecule has 0 unspecified atom stereocenters. The maximum atomic E-state index is 12.1. The quantitative estimate of drug-likeness (QED) is 0.774. The summed E-state index contributed by atoms with van der Waals surface area (Å²) in [5, 5.41) is 3.15. The largest absolute Gasteiger partial charge is 0.356 e. The van der Waals surface area contributed by atoms with Gasteiger partial charge in [-0.1, -0.05) is 19.8 Å². The molecule has 0 saturated carbocycles. The van der Waals surface area contributed by atoms with E-state index in [1.54, 1.807) is 7.05 Å². The van der Waals surface area contributed by atoms with Gasteiger partial charge < -0.3 is 9.88 Å². The van der Waals surface area contributed by atoms with E-state index in [1.807, 2.05) is 11.5 Å². The van der Waals surface area contributed by atoms with Crippen molar-refractivity contribution in [2.24, 2.45) is 7.05 Å². The normalized spacial score (nSPS) is 11.2. The molecule has 2 aromatic rings. The molecule has 0 aliphatic carbocycles. The summed E-state index contributed by atoms with van der Waals surface area (Å²) in [5.74, 6) is 0.644. The first-order valence-electron chi connectivity index (χ1n) is 7.03. The minimum atomic E-state index is -0.441. The van der Waals surface area contributed by atoms with Crippen LogP contribution in [0.5, 0.6) is 0 Å². The van der Waals surface area contributed by atoms with Crippen LogP contribution in [0.15, 0.2) is 9.59 Å². The molecule has 20 heavy (non-hydrogen) atoms. The molecular formula is C13H21N5O2. The van der Waals surface area contributed by atoms with Crippen LogP contribution < -0.4 is 16.6 Å². The molecule has 0 spiro atoms. The van der Waals surface area contributed by atoms with Gasteiger partial charge in [0.25, 0.3) is 5.56 Å². The Morgan fingerprint density at radius 1 is 1.25 bits per heavy atom. The summed E-state index contributed by atoms with van der Waals surface area (Å²) in [6.45, 7) is 5.53. The number of imidazole rings is 1. The summed E-state index contributed by atoms with van der Waals surface area (Å²) in [5.41, 5.74) is 0.0605. The average molecular weight is 279 g/mol. The Kier molecular flexibility index (Phi) is 4.26. The number of aromatic amines is 1. The van der Waals surface area contributed by atoms with Crippen LogP contribution in [0.3, 0.4) is 0 Å². The van der Waals surface area contributed by atoms with Gasteiger partial charge in [-0.15, -0.1) is 0 Å². The van der Waals surface area contributed by atoms with Gasteiger partial charge in [0.05, 0.1) is 0 Å². The van der Waals surface area contributed by atoms with Crippen molar-refractivity contribution < 1.29 is 0 Å². The lowest BCUT2D eigenvalue weighted by Crippen LogP contribution is -2.29. The lowest BCUT2D eigenvalue weighted by Gasteiger charge is -2.08. The molecule has 7 heteroatoms. The highest BCUT2D eigenvalue weighted by atomic mass is 16.2. The monoisotopic (exact) mass is 279 g/mol. The highest BCUT2D eigenvalue weighted by Gasteiger charge is 2.16. The van der Waals surface area contributed by atoms with Crippen molar-refractivity contribution in [3.63, 3.8) is 0 Å². The second kappa shape index (κ2) is 5.94. The number of hydrogen-bond donors (Lipinski definition) is 2. The minimum Gasteiger partial charge on any atom is -0.356 e. The van der Waals surface area contributed by atoms with Crippen LogP contribution in [0.1, 0.15) is 33.1 Å². The molecule has 0 fully saturated rings. The fourth-order valence-electron chi connectivity index (χ4n) is 2.27. The van der Waals surface area contributed by atoms with Crippen LogP contribution >= 0.6 is 0 Å². The van der Waals surface area contributed by atoms with E-state index in [0.717, 1.165) is 19.3 Å². The summed E-state index contributed by atoms with van der Waals surface area (Å²) in [7, 11) is 1.61. The van der Waals surface area contributed by atoms with E-state index in [-0.39, 0.29) is 5.56 Å². The first kappa shape index (κ1) is 14.4.